The second kappa shape index (κ2) is 4.20. The van der Waals surface area contributed by atoms with Crippen molar-refractivity contribution in [3.05, 3.63) is 0 Å². The Kier molecular flexibility index (Phi) is 3.45. The second-order valence-corrected chi connectivity index (χ2v) is 4.07. The number of likely N-dealkylation sites (tertiary alicyclic amines) is 1. The lowest BCUT2D eigenvalue weighted by Crippen LogP contribution is -2.43. The lowest BCUT2D eigenvalue weighted by Gasteiger charge is -2.29. The van der Waals surface area contributed by atoms with E-state index in [-0.39, 0.29) is 5.54 Å². The molecule has 0 amide bonds. The molecule has 0 saturated carbocycles. The van der Waals surface area contributed by atoms with Gasteiger partial charge in [0, 0.05) is 33.2 Å². The van der Waals surface area contributed by atoms with Crippen molar-refractivity contribution in [2.45, 2.75) is 32.2 Å². The molecule has 0 unspecified atom stereocenters. The van der Waals surface area contributed by atoms with Gasteiger partial charge in [-0.05, 0) is 20.3 Å². The molecule has 0 radical (unpaired) electrons. The fourth-order valence-electron chi connectivity index (χ4n) is 1.79. The van der Waals surface area contributed by atoms with Crippen molar-refractivity contribution in [2.24, 2.45) is 0 Å². The summed E-state index contributed by atoms with van der Waals surface area (Å²) in [5.74, 6) is 0.366. The summed E-state index contributed by atoms with van der Waals surface area (Å²) >= 11 is 0. The van der Waals surface area contributed by atoms with Gasteiger partial charge < -0.3 is 4.74 Å². The zero-order chi connectivity index (χ0) is 9.90. The molecule has 76 valence electrons. The number of Topliss-reactive ketones (excluding diaryl/α,β-unsaturated/α-hetero) is 1. The Balaban J connectivity index is 2.38. The van der Waals surface area contributed by atoms with Gasteiger partial charge in [0.1, 0.15) is 0 Å². The summed E-state index contributed by atoms with van der Waals surface area (Å²) in [5, 5.41) is 0. The van der Waals surface area contributed by atoms with Crippen molar-refractivity contribution in [2.75, 3.05) is 26.8 Å². The molecule has 0 bridgehead atoms. The zero-order valence-corrected chi connectivity index (χ0v) is 8.80. The Morgan fingerprint density at radius 1 is 1.54 bits per heavy atom. The highest BCUT2D eigenvalue weighted by atomic mass is 16.5. The van der Waals surface area contributed by atoms with E-state index < -0.39 is 0 Å². The van der Waals surface area contributed by atoms with Crippen molar-refractivity contribution < 1.29 is 9.53 Å². The van der Waals surface area contributed by atoms with Gasteiger partial charge in [0.2, 0.25) is 0 Å². The van der Waals surface area contributed by atoms with Gasteiger partial charge in [-0.2, -0.15) is 0 Å². The molecule has 1 aliphatic heterocycles. The summed E-state index contributed by atoms with van der Waals surface area (Å²) in [6.45, 7) is 6.67. The van der Waals surface area contributed by atoms with Crippen LogP contribution in [0.25, 0.3) is 0 Å². The summed E-state index contributed by atoms with van der Waals surface area (Å²) in [4.78, 5) is 13.7. The molecule has 0 aromatic rings. The summed E-state index contributed by atoms with van der Waals surface area (Å²) in [5.41, 5.74) is -0.242. The summed E-state index contributed by atoms with van der Waals surface area (Å²) < 4.78 is 4.99. The minimum Gasteiger partial charge on any atom is -0.385 e. The van der Waals surface area contributed by atoms with E-state index in [9.17, 15) is 4.79 Å². The van der Waals surface area contributed by atoms with Gasteiger partial charge in [-0.3, -0.25) is 9.69 Å². The van der Waals surface area contributed by atoms with Crippen LogP contribution in [-0.4, -0.2) is 43.0 Å². The third kappa shape index (κ3) is 2.29. The number of carbonyl (C=O) groups is 1. The Morgan fingerprint density at radius 2 is 2.23 bits per heavy atom. The lowest BCUT2D eigenvalue weighted by atomic mass is 10.0. The lowest BCUT2D eigenvalue weighted by molar-refractivity contribution is -0.123. The average molecular weight is 185 g/mol. The molecule has 1 rings (SSSR count). The van der Waals surface area contributed by atoms with Crippen LogP contribution < -0.4 is 0 Å². The summed E-state index contributed by atoms with van der Waals surface area (Å²) in [6, 6.07) is 0. The van der Waals surface area contributed by atoms with Crippen molar-refractivity contribution in [3.63, 3.8) is 0 Å². The quantitative estimate of drug-likeness (QED) is 0.614. The molecule has 0 spiro atoms. The van der Waals surface area contributed by atoms with E-state index in [0.717, 1.165) is 26.1 Å². The molecule has 1 aliphatic rings. The third-order valence-corrected chi connectivity index (χ3v) is 2.86. The van der Waals surface area contributed by atoms with Crippen LogP contribution in [-0.2, 0) is 9.53 Å². The Bertz CT molecular complexity index is 189. The van der Waals surface area contributed by atoms with Gasteiger partial charge in [-0.1, -0.05) is 0 Å². The molecule has 13 heavy (non-hydrogen) atoms. The van der Waals surface area contributed by atoms with Crippen molar-refractivity contribution in [3.8, 4) is 0 Å². The Labute approximate surface area is 80.1 Å². The van der Waals surface area contributed by atoms with Crippen LogP contribution in [0.4, 0.5) is 0 Å². The molecular weight excluding hydrogens is 166 g/mol. The highest BCUT2D eigenvalue weighted by Crippen LogP contribution is 2.24. The van der Waals surface area contributed by atoms with E-state index >= 15 is 0 Å². The minimum atomic E-state index is -0.242. The van der Waals surface area contributed by atoms with Crippen molar-refractivity contribution >= 4 is 5.78 Å². The number of methoxy groups -OCH3 is 1. The van der Waals surface area contributed by atoms with Crippen LogP contribution in [0.15, 0.2) is 0 Å². The number of hydrogen-bond acceptors (Lipinski definition) is 3. The number of ether oxygens (including phenoxy) is 1. The van der Waals surface area contributed by atoms with Crippen LogP contribution in [0.3, 0.4) is 0 Å². The molecule has 3 nitrogen and oxygen atoms in total. The maximum Gasteiger partial charge on any atom is 0.153 e. The zero-order valence-electron chi connectivity index (χ0n) is 8.80. The molecule has 0 atom stereocenters. The molecule has 0 aromatic carbocycles. The Hall–Kier alpha value is -0.410. The normalized spacial score (nSPS) is 22.5. The van der Waals surface area contributed by atoms with E-state index in [4.69, 9.17) is 4.74 Å². The van der Waals surface area contributed by atoms with Crippen LogP contribution in [0.5, 0.6) is 0 Å². The topological polar surface area (TPSA) is 29.5 Å². The predicted molar refractivity (Wildman–Crippen MR) is 51.8 cm³/mol. The van der Waals surface area contributed by atoms with Gasteiger partial charge in [0.15, 0.2) is 5.78 Å². The average Bonchev–Trinajstić information content (AvgIpc) is 2.32. The van der Waals surface area contributed by atoms with Crippen LogP contribution in [0, 0.1) is 0 Å². The third-order valence-electron chi connectivity index (χ3n) is 2.86. The fraction of sp³-hybridized carbons (Fsp3) is 0.900. The van der Waals surface area contributed by atoms with Crippen LogP contribution in [0.1, 0.15) is 26.7 Å². The van der Waals surface area contributed by atoms with Crippen molar-refractivity contribution in [1.82, 2.24) is 4.90 Å². The SMILES string of the molecule is COCCCN1CCC(=O)C1(C)C. The van der Waals surface area contributed by atoms with E-state index in [1.165, 1.54) is 0 Å². The highest BCUT2D eigenvalue weighted by Gasteiger charge is 2.39. The number of ketones is 1. The molecule has 0 aliphatic carbocycles. The monoisotopic (exact) mass is 185 g/mol. The first-order chi connectivity index (χ1) is 6.09. The molecule has 1 saturated heterocycles. The van der Waals surface area contributed by atoms with Crippen LogP contribution >= 0.6 is 0 Å². The van der Waals surface area contributed by atoms with E-state index in [1.807, 2.05) is 13.8 Å². The van der Waals surface area contributed by atoms with Crippen molar-refractivity contribution in [1.29, 1.82) is 0 Å². The number of nitrogens with zero attached hydrogens (tertiary/aromatic N) is 1. The number of hydrogen-bond donors (Lipinski definition) is 0. The summed E-state index contributed by atoms with van der Waals surface area (Å²) in [6.07, 6.45) is 1.72. The first-order valence-corrected chi connectivity index (χ1v) is 4.86. The van der Waals surface area contributed by atoms with E-state index in [2.05, 4.69) is 4.90 Å². The van der Waals surface area contributed by atoms with Gasteiger partial charge in [0.05, 0.1) is 5.54 Å². The minimum absolute atomic E-state index is 0.242. The van der Waals surface area contributed by atoms with E-state index in [0.29, 0.717) is 12.2 Å². The summed E-state index contributed by atoms with van der Waals surface area (Å²) in [7, 11) is 1.71. The van der Waals surface area contributed by atoms with Gasteiger partial charge in [-0.25, -0.2) is 0 Å². The first kappa shape index (κ1) is 10.7. The largest absolute Gasteiger partial charge is 0.385 e. The Morgan fingerprint density at radius 3 is 2.69 bits per heavy atom. The predicted octanol–water partition coefficient (Wildman–Crippen LogP) is 1.08. The maximum absolute atomic E-state index is 11.5. The highest BCUT2D eigenvalue weighted by molar-refractivity contribution is 5.89. The standard InChI is InChI=1S/C10H19NO2/c1-10(2)9(12)5-7-11(10)6-4-8-13-3/h4-8H2,1-3H3. The smallest absolute Gasteiger partial charge is 0.153 e. The molecule has 0 aromatic heterocycles. The van der Waals surface area contributed by atoms with Gasteiger partial charge in [-0.15, -0.1) is 0 Å². The molecular formula is C10H19NO2. The van der Waals surface area contributed by atoms with Gasteiger partial charge >= 0.3 is 0 Å². The number of rotatable bonds is 4. The molecule has 3 heteroatoms. The second-order valence-electron chi connectivity index (χ2n) is 4.07. The van der Waals surface area contributed by atoms with E-state index in [1.54, 1.807) is 7.11 Å². The molecule has 1 fully saturated rings. The van der Waals surface area contributed by atoms with Gasteiger partial charge in [0.25, 0.3) is 0 Å². The molecule has 1 heterocycles. The fourth-order valence-corrected chi connectivity index (χ4v) is 1.79. The molecule has 0 N–H and O–H groups in total. The van der Waals surface area contributed by atoms with Crippen LogP contribution in [0.2, 0.25) is 0 Å². The number of carbonyl (C=O) groups excluding carboxylic acids is 1. The maximum atomic E-state index is 11.5. The first-order valence-electron chi connectivity index (χ1n) is 4.86.